The van der Waals surface area contributed by atoms with Gasteiger partial charge in [-0.15, -0.1) is 0 Å². The van der Waals surface area contributed by atoms with Crippen molar-refractivity contribution in [3.63, 3.8) is 0 Å². The molecule has 1 amide bonds. The van der Waals surface area contributed by atoms with Gasteiger partial charge in [-0.2, -0.15) is 0 Å². The van der Waals surface area contributed by atoms with Crippen molar-refractivity contribution in [1.29, 1.82) is 0 Å². The highest BCUT2D eigenvalue weighted by atomic mass is 28.4. The van der Waals surface area contributed by atoms with Crippen LogP contribution in [0.5, 0.6) is 0 Å². The Morgan fingerprint density at radius 3 is 1.91 bits per heavy atom. The minimum atomic E-state index is -2.65. The molecule has 2 aromatic rings. The number of nitrogens with one attached hydrogen (secondary N) is 1. The van der Waals surface area contributed by atoms with E-state index in [1.54, 1.807) is 0 Å². The molecule has 2 aromatic carbocycles. The van der Waals surface area contributed by atoms with Gasteiger partial charge < -0.3 is 19.6 Å². The molecule has 0 aromatic heterocycles. The predicted molar refractivity (Wildman–Crippen MR) is 131 cm³/mol. The molecule has 0 radical (unpaired) electrons. The van der Waals surface area contributed by atoms with Crippen molar-refractivity contribution in [2.75, 3.05) is 6.61 Å². The molecule has 1 saturated carbocycles. The summed E-state index contributed by atoms with van der Waals surface area (Å²) in [6, 6.07) is 20.6. The van der Waals surface area contributed by atoms with Crippen LogP contribution in [0.1, 0.15) is 48.0 Å². The van der Waals surface area contributed by atoms with Crippen molar-refractivity contribution in [2.45, 2.75) is 70.7 Å². The van der Waals surface area contributed by atoms with Gasteiger partial charge in [-0.05, 0) is 42.6 Å². The maximum absolute atomic E-state index is 12.3. The molecule has 1 aliphatic rings. The number of ether oxygens (including phenoxy) is 1. The van der Waals surface area contributed by atoms with Crippen molar-refractivity contribution >= 4 is 24.8 Å². The van der Waals surface area contributed by atoms with Gasteiger partial charge in [0.1, 0.15) is 5.60 Å². The zero-order valence-corrected chi connectivity index (χ0v) is 21.1. The zero-order chi connectivity index (χ0) is 23.6. The van der Waals surface area contributed by atoms with Gasteiger partial charge >= 0.3 is 6.09 Å². The van der Waals surface area contributed by atoms with Crippen LogP contribution >= 0.6 is 0 Å². The lowest BCUT2D eigenvalue weighted by atomic mass is 10.2. The van der Waals surface area contributed by atoms with Gasteiger partial charge in [0.05, 0.1) is 18.8 Å². The number of benzene rings is 2. The maximum Gasteiger partial charge on any atom is 0.407 e. The monoisotopic (exact) mass is 455 g/mol. The van der Waals surface area contributed by atoms with Gasteiger partial charge in [0.2, 0.25) is 0 Å². The highest BCUT2D eigenvalue weighted by Crippen LogP contribution is 2.45. The summed E-state index contributed by atoms with van der Waals surface area (Å²) >= 11 is 0. The Labute approximate surface area is 193 Å². The lowest BCUT2D eigenvalue weighted by Crippen LogP contribution is -2.67. The molecular weight excluding hydrogens is 418 g/mol. The van der Waals surface area contributed by atoms with E-state index >= 15 is 0 Å². The Morgan fingerprint density at radius 1 is 1.00 bits per heavy atom. The molecule has 1 fully saturated rings. The first-order valence-corrected chi connectivity index (χ1v) is 13.3. The normalized spacial score (nSPS) is 19.8. The number of aliphatic hydroxyl groups is 1. The molecule has 2 N–H and O–H groups in total. The Morgan fingerprint density at radius 2 is 1.50 bits per heavy atom. The van der Waals surface area contributed by atoms with E-state index in [1.807, 2.05) is 32.9 Å². The largest absolute Gasteiger partial charge is 0.444 e. The number of hydrogen-bond donors (Lipinski definition) is 2. The molecule has 3 atom stereocenters. The van der Waals surface area contributed by atoms with Gasteiger partial charge in [-0.3, -0.25) is 0 Å². The van der Waals surface area contributed by atoms with E-state index < -0.39 is 26.1 Å². The molecule has 1 aliphatic carbocycles. The second-order valence-corrected chi connectivity index (χ2v) is 14.9. The van der Waals surface area contributed by atoms with E-state index in [-0.39, 0.29) is 23.7 Å². The SMILES string of the molecule is CC(C)(C)OC(=O)N[C@@H](CO)[C@H]1C[C@H]1O[Si](c1ccccc1)(c1ccccc1)C(C)(C)C. The first-order chi connectivity index (χ1) is 15.0. The summed E-state index contributed by atoms with van der Waals surface area (Å²) < 4.78 is 12.5. The van der Waals surface area contributed by atoms with Crippen LogP contribution in [0.4, 0.5) is 4.79 Å². The van der Waals surface area contributed by atoms with Gasteiger partial charge in [0.15, 0.2) is 0 Å². The molecule has 0 unspecified atom stereocenters. The predicted octanol–water partition coefficient (Wildman–Crippen LogP) is 3.84. The highest BCUT2D eigenvalue weighted by molar-refractivity contribution is 6.99. The van der Waals surface area contributed by atoms with Crippen molar-refractivity contribution in [3.05, 3.63) is 60.7 Å². The summed E-state index contributed by atoms with van der Waals surface area (Å²) in [4.78, 5) is 12.3. The van der Waals surface area contributed by atoms with Crippen LogP contribution in [0.25, 0.3) is 0 Å². The van der Waals surface area contributed by atoms with Crippen molar-refractivity contribution in [2.24, 2.45) is 5.92 Å². The quantitative estimate of drug-likeness (QED) is 0.623. The number of rotatable bonds is 7. The molecule has 0 bridgehead atoms. The van der Waals surface area contributed by atoms with Crippen LogP contribution in [-0.2, 0) is 9.16 Å². The topological polar surface area (TPSA) is 67.8 Å². The summed E-state index contributed by atoms with van der Waals surface area (Å²) in [7, 11) is -2.65. The van der Waals surface area contributed by atoms with Gasteiger partial charge in [0, 0.05) is 5.92 Å². The Bertz CT molecular complexity index is 850. The molecule has 0 saturated heterocycles. The Kier molecular flexibility index (Phi) is 7.17. The molecule has 32 heavy (non-hydrogen) atoms. The van der Waals surface area contributed by atoms with Crippen LogP contribution in [-0.4, -0.2) is 43.9 Å². The number of alkyl carbamates (subject to hydrolysis) is 1. The molecule has 0 spiro atoms. The van der Waals surface area contributed by atoms with Gasteiger partial charge in [-0.25, -0.2) is 4.79 Å². The molecule has 6 heteroatoms. The number of carbonyl (C=O) groups excluding carboxylic acids is 1. The standard InChI is InChI=1S/C26H37NO4Si/c1-25(2,3)30-24(29)27-22(18-28)21-17-23(21)31-32(26(4,5)6,19-13-9-7-10-14-19)20-15-11-8-12-16-20/h7-16,21-23,28H,17-18H2,1-6H3,(H,27,29)/t21-,22+,23-/m1/s1. The van der Waals surface area contributed by atoms with Crippen LogP contribution in [0, 0.1) is 5.92 Å². The van der Waals surface area contributed by atoms with Crippen LogP contribution < -0.4 is 15.7 Å². The molecule has 0 heterocycles. The van der Waals surface area contributed by atoms with E-state index in [4.69, 9.17) is 9.16 Å². The third-order valence-electron chi connectivity index (χ3n) is 5.94. The third-order valence-corrected chi connectivity index (χ3v) is 11.0. The van der Waals surface area contributed by atoms with Crippen molar-refractivity contribution in [3.8, 4) is 0 Å². The van der Waals surface area contributed by atoms with Crippen LogP contribution in [0.2, 0.25) is 5.04 Å². The minimum Gasteiger partial charge on any atom is -0.444 e. The highest BCUT2D eigenvalue weighted by Gasteiger charge is 2.56. The van der Waals surface area contributed by atoms with Crippen LogP contribution in [0.15, 0.2) is 60.7 Å². The van der Waals surface area contributed by atoms with Crippen LogP contribution in [0.3, 0.4) is 0 Å². The van der Waals surface area contributed by atoms with E-state index in [0.717, 1.165) is 6.42 Å². The van der Waals surface area contributed by atoms with E-state index in [2.05, 4.69) is 74.6 Å². The van der Waals surface area contributed by atoms with E-state index in [1.165, 1.54) is 10.4 Å². The first-order valence-electron chi connectivity index (χ1n) is 11.4. The van der Waals surface area contributed by atoms with Gasteiger partial charge in [0.25, 0.3) is 8.32 Å². The van der Waals surface area contributed by atoms with E-state index in [9.17, 15) is 9.90 Å². The minimum absolute atomic E-state index is 0.0339. The van der Waals surface area contributed by atoms with Gasteiger partial charge in [-0.1, -0.05) is 81.4 Å². The Hall–Kier alpha value is -2.15. The molecule has 174 valence electrons. The van der Waals surface area contributed by atoms with Crippen molar-refractivity contribution in [1.82, 2.24) is 5.32 Å². The molecular formula is C26H37NO4Si. The number of carbonyl (C=O) groups is 1. The fourth-order valence-electron chi connectivity index (χ4n) is 4.41. The summed E-state index contributed by atoms with van der Waals surface area (Å²) in [5.74, 6) is 0.0502. The summed E-state index contributed by atoms with van der Waals surface area (Å²) in [5, 5.41) is 15.2. The summed E-state index contributed by atoms with van der Waals surface area (Å²) in [6.07, 6.45) is 0.256. The average molecular weight is 456 g/mol. The summed E-state index contributed by atoms with van der Waals surface area (Å²) in [5.41, 5.74) is -0.585. The Balaban J connectivity index is 1.88. The maximum atomic E-state index is 12.3. The van der Waals surface area contributed by atoms with Crippen molar-refractivity contribution < 1.29 is 19.1 Å². The fourth-order valence-corrected chi connectivity index (χ4v) is 9.15. The molecule has 3 rings (SSSR count). The number of hydrogen-bond acceptors (Lipinski definition) is 4. The summed E-state index contributed by atoms with van der Waals surface area (Å²) in [6.45, 7) is 12.1. The lowest BCUT2D eigenvalue weighted by Gasteiger charge is -2.43. The molecule has 5 nitrogen and oxygen atoms in total. The zero-order valence-electron chi connectivity index (χ0n) is 20.1. The van der Waals surface area contributed by atoms with E-state index in [0.29, 0.717) is 0 Å². The first kappa shape index (κ1) is 24.5. The molecule has 0 aliphatic heterocycles. The smallest absolute Gasteiger partial charge is 0.407 e. The number of aliphatic hydroxyl groups excluding tert-OH is 1. The second-order valence-electron chi connectivity index (χ2n) is 10.7. The second kappa shape index (κ2) is 9.38. The lowest BCUT2D eigenvalue weighted by molar-refractivity contribution is 0.0467. The fraction of sp³-hybridized carbons (Fsp3) is 0.500. The number of amides is 1. The third kappa shape index (κ3) is 5.42. The average Bonchev–Trinajstić information content (AvgIpc) is 3.48.